The van der Waals surface area contributed by atoms with E-state index < -0.39 is 355 Å². The summed E-state index contributed by atoms with van der Waals surface area (Å²) >= 11 is 0. The number of carbonyl (C=O) groups excluding carboxylic acids is 6. The van der Waals surface area contributed by atoms with E-state index in [0.717, 1.165) is 9.80 Å². The quantitative estimate of drug-likeness (QED) is 0.0557. The molecule has 0 spiro atoms. The zero-order valence-electron chi connectivity index (χ0n) is 86.3. The normalized spacial score (nSPS) is 43.3. The first-order valence-electron chi connectivity index (χ1n) is 52.1. The van der Waals surface area contributed by atoms with Gasteiger partial charge in [-0.3, -0.25) is 58.8 Å². The van der Waals surface area contributed by atoms with Crippen LogP contribution in [0.3, 0.4) is 0 Å². The van der Waals surface area contributed by atoms with Crippen molar-refractivity contribution in [3.05, 3.63) is 170 Å². The number of nitrogens with one attached hydrogen (secondary N) is 2. The zero-order chi connectivity index (χ0) is 111. The molecule has 0 aromatic heterocycles. The fraction of sp³-hybridized carbons (Fsp3) is 0.667. The Morgan fingerprint density at radius 2 is 0.647 bits per heavy atom. The van der Waals surface area contributed by atoms with Crippen LogP contribution >= 0.6 is 0 Å². The van der Waals surface area contributed by atoms with Gasteiger partial charge in [-0.2, -0.15) is 0 Å². The highest BCUT2D eigenvalue weighted by molar-refractivity contribution is 6.06. The van der Waals surface area contributed by atoms with Crippen LogP contribution in [-0.4, -0.2) is 390 Å². The minimum Gasteiger partial charge on any atom is -0.481 e. The van der Waals surface area contributed by atoms with Crippen LogP contribution in [0.15, 0.2) is 170 Å². The van der Waals surface area contributed by atoms with Gasteiger partial charge in [-0.1, -0.05) is 211 Å². The molecule has 42 heteroatoms. The Morgan fingerprint density at radius 3 is 0.960 bits per heavy atom. The molecule has 4 bridgehead atoms. The third-order valence-corrected chi connectivity index (χ3v) is 28.7. The lowest BCUT2D eigenvalue weighted by Crippen LogP contribution is -2.65. The second-order valence-electron chi connectivity index (χ2n) is 41.1. The number of hydrogen-bond acceptors (Lipinski definition) is 38. The van der Waals surface area contributed by atoms with Crippen LogP contribution in [0.1, 0.15) is 197 Å². The predicted molar refractivity (Wildman–Crippen MR) is 541 cm³/mol. The first-order chi connectivity index (χ1) is 71.0. The summed E-state index contributed by atoms with van der Waals surface area (Å²) in [6.07, 6.45) is -1.20. The molecule has 42 nitrogen and oxygen atoms in total. The molecule has 4 amide bonds. The van der Waals surface area contributed by atoms with Crippen LogP contribution < -0.4 is 10.6 Å². The average molecular weight is 2120 g/mol. The van der Waals surface area contributed by atoms with E-state index in [4.69, 9.17) is 37.9 Å². The maximum Gasteiger partial charge on any atom is 0.311 e. The molecule has 150 heavy (non-hydrogen) atoms. The van der Waals surface area contributed by atoms with Gasteiger partial charge in [-0.25, -0.2) is 0 Å². The summed E-state index contributed by atoms with van der Waals surface area (Å²) in [5.41, 5.74) is 0. The van der Waals surface area contributed by atoms with Crippen LogP contribution in [0.5, 0.6) is 0 Å². The molecular formula is C108H162N4O38. The number of carbonyl (C=O) groups is 8. The van der Waals surface area contributed by atoms with E-state index >= 15 is 0 Å². The van der Waals surface area contributed by atoms with Gasteiger partial charge >= 0.3 is 23.9 Å². The number of amides is 4. The number of rotatable bonds is 17. The van der Waals surface area contributed by atoms with Crippen LogP contribution in [0.4, 0.5) is 0 Å². The van der Waals surface area contributed by atoms with Crippen molar-refractivity contribution >= 4 is 47.5 Å². The molecule has 8 heterocycles. The number of cyclic esters (lactones) is 2. The third kappa shape index (κ3) is 40.0. The van der Waals surface area contributed by atoms with Crippen molar-refractivity contribution in [2.24, 2.45) is 35.5 Å². The first kappa shape index (κ1) is 127. The Balaban J connectivity index is 0.893. The van der Waals surface area contributed by atoms with E-state index in [1.807, 2.05) is 0 Å². The molecule has 40 atom stereocenters. The Bertz CT molecular complexity index is 4400. The standard InChI is InChI=1S/C108H162N4O38/c1-61-37-31-25-21-17-13-9-11-15-19-23-27-33-39-75(53-85-91(103(137)138)83(123)59-107(141,149-85)57-73(117)49-81(121)79(119)43-41-69(113)47-71(115)51-89(127)143-65(5)63(3)95(61)129)147-105-99(133)93(97(131)67(7)145-105)109-77-55-87(125)111(101(77)135)45-35-29-30-36-46-112-88(126)56-78(102(112)136)110-94-98(132)68(8)146-106(100(94)134)148-76-40-34-28-24-20-16-12-10-14-18-22-26-32-38-62(2)96(130)64(4)66(6)144-90(128)52-72(116)48-70(114)42-44-80(120)82(122)50-74(118)58-108(142)60-84(124)92(104(139)140)86(54-76)150-108/h9-28,31-34,37-40,61-86,91-100,105-106,109-110,113-124,129-134,141-142H,29-30,35-36,41-60H2,1-8H3,(H,137,138)(H,139,140)/b11-9+,12-10+,17-13+,18-14+,19-15+,20-16+,25-21+,26-22+,27-23+,28-24+,37-31+,38-32+,39-33+,40-34+/t61-,62-,63-,64-,65-,66-,67+,68+,69+,70+,71+,72+,73-,74-,75-,76-,77?,78?,79+,80+,81+,82+,83-,84-,85-,86-,91+,92+,93-,94-,95+,96+,97+,98+,99-,100-,105-,106-,107+,108+/m0/s1. The highest BCUT2D eigenvalue weighted by atomic mass is 16.7. The van der Waals surface area contributed by atoms with Crippen molar-refractivity contribution in [1.29, 1.82) is 0 Å². The van der Waals surface area contributed by atoms with Crippen molar-refractivity contribution < 1.29 is 189 Å². The SMILES string of the molecule is C[C@@H]1[C@H](O)[C@@H](C)/C=C/C=C/C=C/C=C/C=C/C=C/C=C/[C@H](O[C@@H]2O[C@H](C)[C@@H](O)[C@H](NC3CC(=O)N(CCCCCCN4C(=O)CC(N[C@@H]5[C@H](O)[C@H](O[C@H]6/C=C/C=C/C=C/C=C/C=C/C=C/C=C/[C@H](C)[C@@H](O)[C@@H](C)[C@H](C)OC(=O)C[C@H](O)C[C@H](O)CC[C@@H](O)[C@H](O)C[C@H](O)C[C@]7(O)C[C@H](O)[C@@H](C(=O)O)[C@H](C6)O7)O[C@H](C)[C@H]5O)C4=O)C3=O)[C@@H]2O)C[C@@H]2O[C@](O)(C[C@@H](O)C[C@@H](O)[C@H](O)CC[C@@H](O)C[C@@H](O)CC(=O)O[C@H]1C)C[C@H](O)[C@H]2C(=O)O. The summed E-state index contributed by atoms with van der Waals surface area (Å²) in [6.45, 7) is 12.9. The molecule has 24 N–H and O–H groups in total. The summed E-state index contributed by atoms with van der Waals surface area (Å²) in [6, 6.07) is -5.50. The zero-order valence-corrected chi connectivity index (χ0v) is 86.3. The van der Waals surface area contributed by atoms with Gasteiger partial charge in [0, 0.05) is 88.1 Å². The van der Waals surface area contributed by atoms with Gasteiger partial charge in [0.2, 0.25) is 23.6 Å². The Labute approximate surface area is 874 Å². The summed E-state index contributed by atoms with van der Waals surface area (Å²) in [5, 5.41) is 253. The maximum absolute atomic E-state index is 14.2. The molecule has 0 saturated carbocycles. The Hall–Kier alpha value is -8.60. The van der Waals surface area contributed by atoms with Gasteiger partial charge in [0.25, 0.3) is 0 Å². The lowest BCUT2D eigenvalue weighted by atomic mass is 9.82. The molecule has 8 aliphatic heterocycles. The van der Waals surface area contributed by atoms with Crippen molar-refractivity contribution in [3.63, 3.8) is 0 Å². The van der Waals surface area contributed by atoms with Gasteiger partial charge in [0.1, 0.15) is 36.3 Å². The second kappa shape index (κ2) is 62.2. The van der Waals surface area contributed by atoms with Crippen LogP contribution in [0.2, 0.25) is 0 Å². The largest absolute Gasteiger partial charge is 0.481 e. The fourth-order valence-electron chi connectivity index (χ4n) is 19.7. The van der Waals surface area contributed by atoms with E-state index in [9.17, 15) is 151 Å². The molecule has 8 rings (SSSR count). The molecule has 6 fully saturated rings. The molecule has 0 aromatic carbocycles. The summed E-state index contributed by atoms with van der Waals surface area (Å²) < 4.78 is 48.0. The minimum absolute atomic E-state index is 0.0899. The highest BCUT2D eigenvalue weighted by Crippen LogP contribution is 2.42. The Morgan fingerprint density at radius 1 is 0.340 bits per heavy atom. The van der Waals surface area contributed by atoms with Gasteiger partial charge in [-0.15, -0.1) is 0 Å². The number of esters is 2. The third-order valence-electron chi connectivity index (χ3n) is 28.7. The van der Waals surface area contributed by atoms with Crippen LogP contribution in [0, 0.1) is 35.5 Å². The fourth-order valence-corrected chi connectivity index (χ4v) is 19.7. The topological polar surface area (TPSA) is 686 Å². The number of hydrogen-bond donors (Lipinski definition) is 24. The number of imide groups is 2. The van der Waals surface area contributed by atoms with Gasteiger partial charge < -0.3 is 150 Å². The van der Waals surface area contributed by atoms with Gasteiger partial charge in [-0.05, 0) is 79.1 Å². The lowest BCUT2D eigenvalue weighted by Gasteiger charge is -2.46. The number of aliphatic hydroxyl groups is 20. The van der Waals surface area contributed by atoms with Crippen LogP contribution in [0.25, 0.3) is 0 Å². The molecular weight excluding hydrogens is 1960 g/mol. The van der Waals surface area contributed by atoms with E-state index in [0.29, 0.717) is 12.8 Å². The number of aliphatic carboxylic acids is 2. The van der Waals surface area contributed by atoms with Gasteiger partial charge in [0.15, 0.2) is 24.2 Å². The first-order valence-corrected chi connectivity index (χ1v) is 52.1. The smallest absolute Gasteiger partial charge is 0.311 e. The number of fused-ring (bicyclic) bond motifs is 4. The van der Waals surface area contributed by atoms with Crippen molar-refractivity contribution in [2.75, 3.05) is 13.1 Å². The van der Waals surface area contributed by atoms with Crippen molar-refractivity contribution in [3.8, 4) is 0 Å². The summed E-state index contributed by atoms with van der Waals surface area (Å²) in [5.74, 6) is -17.6. The van der Waals surface area contributed by atoms with E-state index in [1.165, 1.54) is 38.2 Å². The van der Waals surface area contributed by atoms with Crippen molar-refractivity contribution in [1.82, 2.24) is 20.4 Å². The maximum atomic E-state index is 14.2. The predicted octanol–water partition coefficient (Wildman–Crippen LogP) is 1.51. The molecule has 0 aliphatic carbocycles. The van der Waals surface area contributed by atoms with E-state index in [-0.39, 0.29) is 76.3 Å². The van der Waals surface area contributed by atoms with Crippen LogP contribution in [-0.2, 0) is 76.3 Å². The number of ether oxygens (including phenoxy) is 8. The second-order valence-corrected chi connectivity index (χ2v) is 41.1. The monoisotopic (exact) mass is 2120 g/mol. The number of allylic oxidation sites excluding steroid dienone is 24. The molecule has 842 valence electrons. The Kier molecular flexibility index (Phi) is 52.5. The molecule has 8 aliphatic rings. The number of aliphatic hydroxyl groups excluding tert-OH is 18. The number of carboxylic acids is 2. The molecule has 6 saturated heterocycles. The minimum atomic E-state index is -2.50. The van der Waals surface area contributed by atoms with Gasteiger partial charge in [0.05, 0.1) is 184 Å². The number of nitrogens with zero attached hydrogens (tertiary/aromatic N) is 2. The number of likely N-dealkylation sites (tertiary alicyclic amines) is 2. The molecule has 0 radical (unpaired) electrons. The van der Waals surface area contributed by atoms with E-state index in [1.54, 1.807) is 187 Å². The molecule has 0 aromatic rings. The highest BCUT2D eigenvalue weighted by Gasteiger charge is 2.56. The average Bonchev–Trinajstić information content (AvgIpc) is 1.35. The molecule has 2 unspecified atom stereocenters. The lowest BCUT2D eigenvalue weighted by molar-refractivity contribution is -0.310. The number of unbranched alkanes of at least 4 members (excludes halogenated alkanes) is 3. The summed E-state index contributed by atoms with van der Waals surface area (Å²) in [7, 11) is 0. The van der Waals surface area contributed by atoms with Crippen molar-refractivity contribution in [2.45, 2.75) is 404 Å². The van der Waals surface area contributed by atoms with E-state index in [2.05, 4.69) is 10.6 Å². The summed E-state index contributed by atoms with van der Waals surface area (Å²) in [4.78, 5) is 110. The number of carboxylic acid groups (broad SMARTS) is 2.